The smallest absolute Gasteiger partial charge is 0.326 e. The SMILES string of the molecule is O=C(NCCc1nccs1)NC(Cc1cnc[nH]1)C(=O)O. The van der Waals surface area contributed by atoms with Crippen LogP contribution in [0.2, 0.25) is 0 Å². The molecule has 1 unspecified atom stereocenters. The van der Waals surface area contributed by atoms with Crippen molar-refractivity contribution in [3.63, 3.8) is 0 Å². The van der Waals surface area contributed by atoms with Crippen LogP contribution in [0.3, 0.4) is 0 Å². The number of rotatable bonds is 7. The molecule has 0 aliphatic carbocycles. The van der Waals surface area contributed by atoms with Gasteiger partial charge in [0.15, 0.2) is 0 Å². The van der Waals surface area contributed by atoms with Crippen molar-refractivity contribution in [2.45, 2.75) is 18.9 Å². The van der Waals surface area contributed by atoms with Crippen LogP contribution in [0.1, 0.15) is 10.7 Å². The number of aromatic nitrogens is 3. The topological polar surface area (TPSA) is 120 Å². The highest BCUT2D eigenvalue weighted by atomic mass is 32.1. The number of hydrogen-bond donors (Lipinski definition) is 4. The van der Waals surface area contributed by atoms with Gasteiger partial charge in [0, 0.05) is 42.9 Å². The van der Waals surface area contributed by atoms with Gasteiger partial charge in [0.2, 0.25) is 0 Å². The van der Waals surface area contributed by atoms with Crippen molar-refractivity contribution in [2.24, 2.45) is 0 Å². The number of aromatic amines is 1. The summed E-state index contributed by atoms with van der Waals surface area (Å²) in [5, 5.41) is 16.9. The number of urea groups is 1. The third kappa shape index (κ3) is 4.88. The molecule has 21 heavy (non-hydrogen) atoms. The highest BCUT2D eigenvalue weighted by Gasteiger charge is 2.20. The van der Waals surface area contributed by atoms with E-state index in [2.05, 4.69) is 25.6 Å². The van der Waals surface area contributed by atoms with Crippen LogP contribution < -0.4 is 10.6 Å². The summed E-state index contributed by atoms with van der Waals surface area (Å²) >= 11 is 1.51. The maximum absolute atomic E-state index is 11.7. The third-order valence-electron chi connectivity index (χ3n) is 2.69. The Morgan fingerprint density at radius 1 is 1.48 bits per heavy atom. The first-order valence-electron chi connectivity index (χ1n) is 6.28. The van der Waals surface area contributed by atoms with E-state index in [0.29, 0.717) is 18.7 Å². The van der Waals surface area contributed by atoms with Gasteiger partial charge in [-0.25, -0.2) is 19.6 Å². The number of carboxylic acids is 1. The quantitative estimate of drug-likeness (QED) is 0.590. The van der Waals surface area contributed by atoms with Crippen LogP contribution in [0, 0.1) is 0 Å². The highest BCUT2D eigenvalue weighted by molar-refractivity contribution is 7.09. The number of aliphatic carboxylic acids is 1. The van der Waals surface area contributed by atoms with Gasteiger partial charge in [0.25, 0.3) is 0 Å². The summed E-state index contributed by atoms with van der Waals surface area (Å²) in [4.78, 5) is 33.5. The second kappa shape index (κ2) is 7.39. The Kier molecular flexibility index (Phi) is 5.27. The number of carboxylic acid groups (broad SMARTS) is 1. The van der Waals surface area contributed by atoms with Gasteiger partial charge in [0.05, 0.1) is 11.3 Å². The zero-order valence-corrected chi connectivity index (χ0v) is 11.9. The van der Waals surface area contributed by atoms with E-state index in [4.69, 9.17) is 5.11 Å². The van der Waals surface area contributed by atoms with E-state index >= 15 is 0 Å². The van der Waals surface area contributed by atoms with Gasteiger partial charge in [-0.15, -0.1) is 11.3 Å². The molecule has 0 saturated carbocycles. The summed E-state index contributed by atoms with van der Waals surface area (Å²) < 4.78 is 0. The summed E-state index contributed by atoms with van der Waals surface area (Å²) in [6, 6.07) is -1.52. The van der Waals surface area contributed by atoms with E-state index < -0.39 is 18.0 Å². The molecule has 4 N–H and O–H groups in total. The first-order valence-corrected chi connectivity index (χ1v) is 7.16. The van der Waals surface area contributed by atoms with Gasteiger partial charge in [-0.3, -0.25) is 0 Å². The molecule has 0 spiro atoms. The Morgan fingerprint density at radius 2 is 2.33 bits per heavy atom. The molecule has 0 radical (unpaired) electrons. The average molecular weight is 309 g/mol. The standard InChI is InChI=1S/C12H15N5O3S/c18-11(19)9(5-8-6-13-7-16-8)17-12(20)15-2-1-10-14-3-4-21-10/h3-4,6-7,9H,1-2,5H2,(H,13,16)(H,18,19)(H2,15,17,20). The Hall–Kier alpha value is -2.42. The number of carbonyl (C=O) groups excluding carboxylic acids is 1. The normalized spacial score (nSPS) is 11.8. The predicted molar refractivity (Wildman–Crippen MR) is 76.1 cm³/mol. The lowest BCUT2D eigenvalue weighted by atomic mass is 10.2. The van der Waals surface area contributed by atoms with Crippen molar-refractivity contribution in [1.29, 1.82) is 0 Å². The van der Waals surface area contributed by atoms with Crippen LogP contribution in [-0.2, 0) is 17.6 Å². The van der Waals surface area contributed by atoms with Gasteiger partial charge in [-0.1, -0.05) is 0 Å². The minimum atomic E-state index is -1.10. The molecule has 0 aliphatic rings. The van der Waals surface area contributed by atoms with Crippen molar-refractivity contribution in [3.8, 4) is 0 Å². The van der Waals surface area contributed by atoms with Gasteiger partial charge in [-0.05, 0) is 0 Å². The highest BCUT2D eigenvalue weighted by Crippen LogP contribution is 2.03. The molecule has 0 saturated heterocycles. The average Bonchev–Trinajstić information content (AvgIpc) is 3.10. The molecular formula is C12H15N5O3S. The maximum Gasteiger partial charge on any atom is 0.326 e. The first-order chi connectivity index (χ1) is 10.1. The van der Waals surface area contributed by atoms with Crippen molar-refractivity contribution >= 4 is 23.3 Å². The lowest BCUT2D eigenvalue weighted by molar-refractivity contribution is -0.139. The molecule has 2 rings (SSSR count). The Labute approximate surface area is 124 Å². The minimum Gasteiger partial charge on any atom is -0.480 e. The number of H-pyrrole nitrogens is 1. The molecule has 2 amide bonds. The molecule has 2 aromatic rings. The number of imidazole rings is 1. The van der Waals surface area contributed by atoms with E-state index in [1.54, 1.807) is 6.20 Å². The lowest BCUT2D eigenvalue weighted by Crippen LogP contribution is -2.47. The van der Waals surface area contributed by atoms with Gasteiger partial charge in [-0.2, -0.15) is 0 Å². The first kappa shape index (κ1) is 15.0. The molecule has 0 aromatic carbocycles. The summed E-state index contributed by atoms with van der Waals surface area (Å²) in [7, 11) is 0. The number of hydrogen-bond acceptors (Lipinski definition) is 5. The summed E-state index contributed by atoms with van der Waals surface area (Å²) in [6.07, 6.45) is 5.45. The largest absolute Gasteiger partial charge is 0.480 e. The Balaban J connectivity index is 1.76. The van der Waals surface area contributed by atoms with Crippen molar-refractivity contribution in [1.82, 2.24) is 25.6 Å². The summed E-state index contributed by atoms with van der Waals surface area (Å²) in [5.74, 6) is -1.10. The van der Waals surface area contributed by atoms with E-state index in [-0.39, 0.29) is 6.42 Å². The molecule has 1 atom stereocenters. The van der Waals surface area contributed by atoms with Crippen LogP contribution >= 0.6 is 11.3 Å². The monoisotopic (exact) mass is 309 g/mol. The molecule has 0 fully saturated rings. The van der Waals surface area contributed by atoms with Crippen LogP contribution in [-0.4, -0.2) is 44.6 Å². The fraction of sp³-hybridized carbons (Fsp3) is 0.333. The van der Waals surface area contributed by atoms with Crippen LogP contribution in [0.25, 0.3) is 0 Å². The van der Waals surface area contributed by atoms with Gasteiger partial charge < -0.3 is 20.7 Å². The maximum atomic E-state index is 11.7. The molecule has 0 aliphatic heterocycles. The number of amides is 2. The zero-order chi connectivity index (χ0) is 15.1. The van der Waals surface area contributed by atoms with E-state index in [1.165, 1.54) is 23.9 Å². The van der Waals surface area contributed by atoms with Crippen LogP contribution in [0.4, 0.5) is 4.79 Å². The van der Waals surface area contributed by atoms with Crippen LogP contribution in [0.15, 0.2) is 24.1 Å². The molecule has 112 valence electrons. The van der Waals surface area contributed by atoms with E-state index in [0.717, 1.165) is 5.01 Å². The van der Waals surface area contributed by atoms with E-state index in [1.807, 2.05) is 5.38 Å². The number of thiazole rings is 1. The minimum absolute atomic E-state index is 0.148. The fourth-order valence-corrected chi connectivity index (χ4v) is 2.31. The van der Waals surface area contributed by atoms with Crippen molar-refractivity contribution in [3.05, 3.63) is 34.8 Å². The molecule has 9 heteroatoms. The summed E-state index contributed by atoms with van der Waals surface area (Å²) in [5.41, 5.74) is 0.644. The van der Waals surface area contributed by atoms with Crippen molar-refractivity contribution in [2.75, 3.05) is 6.54 Å². The molecule has 2 heterocycles. The third-order valence-corrected chi connectivity index (χ3v) is 3.53. The van der Waals surface area contributed by atoms with E-state index in [9.17, 15) is 9.59 Å². The molecule has 8 nitrogen and oxygen atoms in total. The van der Waals surface area contributed by atoms with Gasteiger partial charge >= 0.3 is 12.0 Å². The lowest BCUT2D eigenvalue weighted by Gasteiger charge is -2.14. The number of nitrogens with zero attached hydrogens (tertiary/aromatic N) is 2. The van der Waals surface area contributed by atoms with Gasteiger partial charge in [0.1, 0.15) is 6.04 Å². The Bertz CT molecular complexity index is 570. The molecular weight excluding hydrogens is 294 g/mol. The molecule has 2 aromatic heterocycles. The fourth-order valence-electron chi connectivity index (χ4n) is 1.68. The number of nitrogens with one attached hydrogen (secondary N) is 3. The predicted octanol–water partition coefficient (Wildman–Crippen LogP) is 0.404. The summed E-state index contributed by atoms with van der Waals surface area (Å²) in [6.45, 7) is 0.399. The number of carbonyl (C=O) groups is 2. The molecule has 0 bridgehead atoms. The van der Waals surface area contributed by atoms with Crippen molar-refractivity contribution < 1.29 is 14.7 Å². The second-order valence-electron chi connectivity index (χ2n) is 4.25. The Morgan fingerprint density at radius 3 is 2.95 bits per heavy atom. The zero-order valence-electron chi connectivity index (χ0n) is 11.1. The van der Waals surface area contributed by atoms with Crippen LogP contribution in [0.5, 0.6) is 0 Å². The second-order valence-corrected chi connectivity index (χ2v) is 5.23.